The van der Waals surface area contributed by atoms with Gasteiger partial charge in [0.1, 0.15) is 5.75 Å². The molecule has 0 aromatic heterocycles. The molecule has 3 aromatic carbocycles. The molecule has 33 heavy (non-hydrogen) atoms. The number of hydrogen-bond donors (Lipinski definition) is 0. The molecule has 2 unspecified atom stereocenters. The van der Waals surface area contributed by atoms with E-state index in [1.807, 2.05) is 48.5 Å². The van der Waals surface area contributed by atoms with E-state index in [2.05, 4.69) is 0 Å². The van der Waals surface area contributed by atoms with E-state index in [-0.39, 0.29) is 17.7 Å². The van der Waals surface area contributed by atoms with Crippen LogP contribution in [0, 0.1) is 11.8 Å². The van der Waals surface area contributed by atoms with E-state index in [0.717, 1.165) is 22.3 Å². The Kier molecular flexibility index (Phi) is 4.06. The highest BCUT2D eigenvalue weighted by atomic mass is 16.6. The topological polar surface area (TPSA) is 72.9 Å². The summed E-state index contributed by atoms with van der Waals surface area (Å²) in [5.74, 6) is -2.63. The molecule has 0 spiro atoms. The number of methoxy groups -OCH3 is 1. The number of ether oxygens (including phenoxy) is 2. The molecule has 0 saturated carbocycles. The predicted octanol–water partition coefficient (Wildman–Crippen LogP) is 3.77. The Morgan fingerprint density at radius 2 is 1.42 bits per heavy atom. The number of carbonyl (C=O) groups is 3. The Balaban J connectivity index is 1.66. The summed E-state index contributed by atoms with van der Waals surface area (Å²) in [7, 11) is 1.51. The van der Waals surface area contributed by atoms with Gasteiger partial charge in [-0.1, -0.05) is 60.7 Å². The minimum atomic E-state index is -1.37. The third-order valence-electron chi connectivity index (χ3n) is 7.17. The second-order valence-corrected chi connectivity index (χ2v) is 8.67. The third kappa shape index (κ3) is 2.35. The predicted molar refractivity (Wildman–Crippen MR) is 120 cm³/mol. The quantitative estimate of drug-likeness (QED) is 0.459. The molecule has 164 valence electrons. The van der Waals surface area contributed by atoms with Crippen LogP contribution in [0.25, 0.3) is 0 Å². The van der Waals surface area contributed by atoms with Crippen LogP contribution in [0.1, 0.15) is 35.1 Å². The minimum Gasteiger partial charge on any atom is -0.495 e. The summed E-state index contributed by atoms with van der Waals surface area (Å²) in [5.41, 5.74) is 2.40. The van der Waals surface area contributed by atoms with Gasteiger partial charge in [-0.25, -0.2) is 4.90 Å². The van der Waals surface area contributed by atoms with E-state index < -0.39 is 23.4 Å². The van der Waals surface area contributed by atoms with Crippen molar-refractivity contribution in [1.29, 1.82) is 0 Å². The van der Waals surface area contributed by atoms with Crippen LogP contribution in [-0.4, -0.2) is 24.9 Å². The van der Waals surface area contributed by atoms with Crippen molar-refractivity contribution in [2.24, 2.45) is 11.8 Å². The second kappa shape index (κ2) is 6.78. The van der Waals surface area contributed by atoms with Crippen molar-refractivity contribution in [2.75, 3.05) is 12.0 Å². The van der Waals surface area contributed by atoms with Crippen LogP contribution in [0.3, 0.4) is 0 Å². The lowest BCUT2D eigenvalue weighted by Gasteiger charge is -2.52. The van der Waals surface area contributed by atoms with E-state index in [9.17, 15) is 14.4 Å². The monoisotopic (exact) mass is 439 g/mol. The number of amides is 2. The van der Waals surface area contributed by atoms with Gasteiger partial charge in [-0.05, 0) is 23.3 Å². The molecule has 6 heteroatoms. The molecule has 1 fully saturated rings. The number of rotatable bonds is 3. The minimum absolute atomic E-state index is 0.306. The Morgan fingerprint density at radius 1 is 0.848 bits per heavy atom. The van der Waals surface area contributed by atoms with E-state index in [1.54, 1.807) is 24.3 Å². The number of esters is 1. The van der Waals surface area contributed by atoms with Gasteiger partial charge in [0.05, 0.1) is 24.6 Å². The van der Waals surface area contributed by atoms with E-state index >= 15 is 0 Å². The summed E-state index contributed by atoms with van der Waals surface area (Å²) < 4.78 is 11.6. The molecule has 6 nitrogen and oxygen atoms in total. The smallest absolute Gasteiger partial charge is 0.303 e. The van der Waals surface area contributed by atoms with Crippen molar-refractivity contribution < 1.29 is 23.9 Å². The van der Waals surface area contributed by atoms with Crippen LogP contribution in [0.15, 0.2) is 72.8 Å². The van der Waals surface area contributed by atoms with Crippen molar-refractivity contribution in [1.82, 2.24) is 0 Å². The zero-order valence-corrected chi connectivity index (χ0v) is 18.1. The zero-order chi connectivity index (χ0) is 22.9. The molecule has 2 bridgehead atoms. The van der Waals surface area contributed by atoms with E-state index in [4.69, 9.17) is 9.47 Å². The van der Waals surface area contributed by atoms with Gasteiger partial charge in [-0.3, -0.25) is 14.4 Å². The Hall–Kier alpha value is -3.93. The lowest BCUT2D eigenvalue weighted by atomic mass is 9.52. The van der Waals surface area contributed by atoms with Gasteiger partial charge in [0.25, 0.3) is 0 Å². The summed E-state index contributed by atoms with van der Waals surface area (Å²) in [5, 5.41) is 0. The van der Waals surface area contributed by atoms with Crippen molar-refractivity contribution in [3.8, 4) is 5.75 Å². The lowest BCUT2D eigenvalue weighted by Crippen LogP contribution is -2.55. The first kappa shape index (κ1) is 19.7. The fourth-order valence-electron chi connectivity index (χ4n) is 6.15. The average Bonchev–Trinajstić information content (AvgIpc) is 3.10. The van der Waals surface area contributed by atoms with Gasteiger partial charge in [-0.15, -0.1) is 0 Å². The lowest BCUT2D eigenvalue weighted by molar-refractivity contribution is -0.167. The third-order valence-corrected chi connectivity index (χ3v) is 7.17. The highest BCUT2D eigenvalue weighted by Crippen LogP contribution is 2.64. The number of para-hydroxylation sites is 2. The number of carbonyl (C=O) groups excluding carboxylic acids is 3. The molecule has 4 aliphatic rings. The number of benzene rings is 3. The number of nitrogens with zero attached hydrogens (tertiary/aromatic N) is 1. The summed E-state index contributed by atoms with van der Waals surface area (Å²) in [6.07, 6.45) is 0. The van der Waals surface area contributed by atoms with Crippen LogP contribution in [0.4, 0.5) is 5.69 Å². The normalized spacial score (nSPS) is 26.5. The van der Waals surface area contributed by atoms with Gasteiger partial charge in [0.15, 0.2) is 5.60 Å². The summed E-state index contributed by atoms with van der Waals surface area (Å²) in [4.78, 5) is 41.7. The standard InChI is InChI=1S/C27H21NO5/c1-15(29)33-27-18-11-5-3-9-16(18)22(17-10-4-6-12-19(17)27)23-24(27)26(31)28(25(23)30)20-13-7-8-14-21(20)32-2/h3-14,22-24H,1-2H3. The maximum atomic E-state index is 14.1. The molecule has 2 atom stereocenters. The Morgan fingerprint density at radius 3 is 2.03 bits per heavy atom. The van der Waals surface area contributed by atoms with Crippen LogP contribution in [0.5, 0.6) is 5.75 Å². The zero-order valence-electron chi connectivity index (χ0n) is 18.1. The first-order valence-electron chi connectivity index (χ1n) is 10.9. The van der Waals surface area contributed by atoms with Crippen molar-refractivity contribution in [3.05, 3.63) is 95.1 Å². The number of anilines is 1. The second-order valence-electron chi connectivity index (χ2n) is 8.67. The Labute approximate surface area is 190 Å². The van der Waals surface area contributed by atoms with Crippen molar-refractivity contribution in [2.45, 2.75) is 18.4 Å². The molecule has 0 radical (unpaired) electrons. The SMILES string of the molecule is COc1ccccc1N1C(=O)C2C3c4ccccc4C(OC(C)=O)(c4ccccc43)C2C1=O. The maximum Gasteiger partial charge on any atom is 0.303 e. The molecule has 1 heterocycles. The fraction of sp³-hybridized carbons (Fsp3) is 0.222. The average molecular weight is 439 g/mol. The van der Waals surface area contributed by atoms with E-state index in [0.29, 0.717) is 11.4 Å². The molecule has 1 saturated heterocycles. The summed E-state index contributed by atoms with van der Waals surface area (Å²) in [6.45, 7) is 1.34. The van der Waals surface area contributed by atoms with Crippen LogP contribution >= 0.6 is 0 Å². The number of hydrogen-bond acceptors (Lipinski definition) is 5. The molecule has 1 aliphatic heterocycles. The largest absolute Gasteiger partial charge is 0.495 e. The van der Waals surface area contributed by atoms with Gasteiger partial charge in [0.2, 0.25) is 11.8 Å². The maximum absolute atomic E-state index is 14.1. The van der Waals surface area contributed by atoms with Gasteiger partial charge in [0, 0.05) is 24.0 Å². The molecular weight excluding hydrogens is 418 g/mol. The van der Waals surface area contributed by atoms with Crippen LogP contribution in [0.2, 0.25) is 0 Å². The molecule has 3 aromatic rings. The summed E-state index contributed by atoms with van der Waals surface area (Å²) >= 11 is 0. The highest BCUT2D eigenvalue weighted by molar-refractivity contribution is 6.24. The van der Waals surface area contributed by atoms with Gasteiger partial charge in [-0.2, -0.15) is 0 Å². The van der Waals surface area contributed by atoms with Gasteiger partial charge < -0.3 is 9.47 Å². The molecular formula is C27H21NO5. The first-order valence-corrected chi connectivity index (χ1v) is 10.9. The van der Waals surface area contributed by atoms with Crippen LogP contribution in [-0.2, 0) is 24.7 Å². The highest BCUT2D eigenvalue weighted by Gasteiger charge is 2.70. The van der Waals surface area contributed by atoms with Gasteiger partial charge >= 0.3 is 5.97 Å². The van der Waals surface area contributed by atoms with E-state index in [1.165, 1.54) is 18.9 Å². The molecule has 3 aliphatic carbocycles. The molecule has 7 rings (SSSR count). The molecule has 0 N–H and O–H groups in total. The number of imide groups is 1. The van der Waals surface area contributed by atoms with Crippen molar-refractivity contribution >= 4 is 23.5 Å². The van der Waals surface area contributed by atoms with Crippen molar-refractivity contribution in [3.63, 3.8) is 0 Å². The van der Waals surface area contributed by atoms with Crippen LogP contribution < -0.4 is 9.64 Å². The fourth-order valence-corrected chi connectivity index (χ4v) is 6.15. The Bertz CT molecular complexity index is 1300. The molecule has 2 amide bonds. The first-order chi connectivity index (χ1) is 16.0. The summed E-state index contributed by atoms with van der Waals surface area (Å²) in [6, 6.07) is 22.3.